The molecule has 0 aromatic heterocycles. The van der Waals surface area contributed by atoms with E-state index in [1.165, 1.54) is 119 Å². The molecule has 8 saturated carbocycles. The van der Waals surface area contributed by atoms with Crippen molar-refractivity contribution in [1.82, 2.24) is 0 Å². The summed E-state index contributed by atoms with van der Waals surface area (Å²) in [5.74, 6) is 8.29. The topological polar surface area (TPSA) is 3.24 Å². The third-order valence-electron chi connectivity index (χ3n) is 20.3. The molecule has 0 amide bonds. The minimum atomic E-state index is 0.180. The van der Waals surface area contributed by atoms with E-state index in [2.05, 4.69) is 169 Å². The van der Waals surface area contributed by atoms with Gasteiger partial charge in [0.25, 0.3) is 0 Å². The van der Waals surface area contributed by atoms with E-state index in [9.17, 15) is 0 Å². The van der Waals surface area contributed by atoms with Crippen LogP contribution in [0.15, 0.2) is 164 Å². The van der Waals surface area contributed by atoms with Crippen molar-refractivity contribution in [3.63, 3.8) is 0 Å². The molecule has 0 saturated heterocycles. The van der Waals surface area contributed by atoms with Crippen molar-refractivity contribution >= 4 is 17.1 Å². The van der Waals surface area contributed by atoms with E-state index in [0.29, 0.717) is 17.3 Å². The number of benzene rings is 7. The highest BCUT2D eigenvalue weighted by Gasteiger charge is 2.82. The van der Waals surface area contributed by atoms with Crippen LogP contribution in [0.25, 0.3) is 44.5 Å². The van der Waals surface area contributed by atoms with E-state index in [4.69, 9.17) is 0 Å². The summed E-state index contributed by atoms with van der Waals surface area (Å²) in [5.41, 5.74) is 22.0. The van der Waals surface area contributed by atoms with Gasteiger partial charge in [0.1, 0.15) is 0 Å². The van der Waals surface area contributed by atoms with Crippen molar-refractivity contribution in [2.24, 2.45) is 52.8 Å². The molecular weight excluding hydrogens is 771 g/mol. The lowest BCUT2D eigenvalue weighted by Crippen LogP contribution is -2.65. The Kier molecular flexibility index (Phi) is 7.00. The van der Waals surface area contributed by atoms with Gasteiger partial charge < -0.3 is 4.90 Å². The summed E-state index contributed by atoms with van der Waals surface area (Å²) in [5, 5.41) is 0. The Balaban J connectivity index is 0.920. The average molecular weight is 826 g/mol. The fourth-order valence-corrected chi connectivity index (χ4v) is 18.4. The Hall–Kier alpha value is -5.66. The van der Waals surface area contributed by atoms with Gasteiger partial charge in [-0.2, -0.15) is 0 Å². The van der Waals surface area contributed by atoms with Crippen LogP contribution in [-0.2, 0) is 5.41 Å². The fraction of sp³-hybridized carbons (Fsp3) is 0.333. The van der Waals surface area contributed by atoms with E-state index in [0.717, 1.165) is 47.3 Å². The number of nitrogens with zero attached hydrogens (tertiary/aromatic N) is 1. The minimum Gasteiger partial charge on any atom is -0.310 e. The summed E-state index contributed by atoms with van der Waals surface area (Å²) in [6, 6.07) is 64.3. The van der Waals surface area contributed by atoms with Gasteiger partial charge in [-0.05, 0) is 232 Å². The van der Waals surface area contributed by atoms with E-state index < -0.39 is 0 Å². The molecule has 312 valence electrons. The average Bonchev–Trinajstić information content (AvgIpc) is 3.89. The van der Waals surface area contributed by atoms with Crippen molar-refractivity contribution in [2.45, 2.75) is 75.0 Å². The van der Waals surface area contributed by atoms with Crippen LogP contribution >= 0.6 is 0 Å². The summed E-state index contributed by atoms with van der Waals surface area (Å²) in [7, 11) is 0. The molecule has 10 aliphatic rings. The second-order valence-corrected chi connectivity index (χ2v) is 22.5. The monoisotopic (exact) mass is 825 g/mol. The van der Waals surface area contributed by atoms with E-state index >= 15 is 0 Å². The molecule has 8 fully saturated rings. The molecule has 7 aromatic rings. The Morgan fingerprint density at radius 1 is 0.375 bits per heavy atom. The molecule has 17 rings (SSSR count). The first-order valence-electron chi connectivity index (χ1n) is 25.2. The van der Waals surface area contributed by atoms with Gasteiger partial charge >= 0.3 is 0 Å². The predicted octanol–water partition coefficient (Wildman–Crippen LogP) is 16.1. The van der Waals surface area contributed by atoms with Crippen molar-refractivity contribution in [2.75, 3.05) is 4.90 Å². The molecular formula is C63H55N. The molecule has 0 aliphatic heterocycles. The SMILES string of the molecule is c1ccc(-c2cc(-c3ccccc3)cc(N(c3ccc4c(c3)-c3ccccc3[C@@H]3[C@H]5CC6C[C@@H](C[C@@H](C6)[C@@H]43)C5)c3ccc4c(c3)-c3ccccc3[C@]43[C@@H]4C[C@H]5CC6C[C@@H]3C65C4)c2)cc1. The third-order valence-corrected chi connectivity index (χ3v) is 20.3. The van der Waals surface area contributed by atoms with Crippen molar-refractivity contribution < 1.29 is 0 Å². The number of rotatable bonds is 5. The van der Waals surface area contributed by atoms with Crippen LogP contribution in [-0.4, -0.2) is 0 Å². The first kappa shape index (κ1) is 35.7. The molecule has 0 radical (unpaired) electrons. The number of hydrogen-bond acceptors (Lipinski definition) is 1. The van der Waals surface area contributed by atoms with Gasteiger partial charge in [0.2, 0.25) is 0 Å². The maximum atomic E-state index is 2.64. The summed E-state index contributed by atoms with van der Waals surface area (Å²) >= 11 is 0. The van der Waals surface area contributed by atoms with Crippen LogP contribution < -0.4 is 4.90 Å². The molecule has 0 heterocycles. The first-order valence-corrected chi connectivity index (χ1v) is 25.2. The molecule has 1 heteroatoms. The molecule has 1 nitrogen and oxygen atoms in total. The quantitative estimate of drug-likeness (QED) is 0.167. The zero-order valence-corrected chi connectivity index (χ0v) is 36.7. The van der Waals surface area contributed by atoms with E-state index in [-0.39, 0.29) is 5.41 Å². The molecule has 64 heavy (non-hydrogen) atoms. The lowest BCUT2D eigenvalue weighted by atomic mass is 9.34. The van der Waals surface area contributed by atoms with Crippen LogP contribution in [0.3, 0.4) is 0 Å². The predicted molar refractivity (Wildman–Crippen MR) is 261 cm³/mol. The zero-order chi connectivity index (χ0) is 41.5. The van der Waals surface area contributed by atoms with Crippen LogP contribution in [0.5, 0.6) is 0 Å². The maximum Gasteiger partial charge on any atom is 0.0473 e. The van der Waals surface area contributed by atoms with E-state index in [1.807, 2.05) is 0 Å². The van der Waals surface area contributed by atoms with Gasteiger partial charge in [0, 0.05) is 22.5 Å². The van der Waals surface area contributed by atoms with Gasteiger partial charge in [-0.25, -0.2) is 0 Å². The Labute approximate surface area is 378 Å². The highest BCUT2D eigenvalue weighted by Crippen LogP contribution is 2.88. The second kappa shape index (κ2) is 12.6. The summed E-state index contributed by atoms with van der Waals surface area (Å²) in [6.45, 7) is 0. The van der Waals surface area contributed by atoms with Crippen molar-refractivity contribution in [3.8, 4) is 44.5 Å². The second-order valence-electron chi connectivity index (χ2n) is 22.5. The van der Waals surface area contributed by atoms with Crippen LogP contribution in [0, 0.1) is 52.8 Å². The lowest BCUT2D eigenvalue weighted by molar-refractivity contribution is -0.193. The smallest absolute Gasteiger partial charge is 0.0473 e. The Bertz CT molecular complexity index is 3020. The van der Waals surface area contributed by atoms with Gasteiger partial charge in [-0.1, -0.05) is 121 Å². The summed E-state index contributed by atoms with van der Waals surface area (Å²) in [4.78, 5) is 2.64. The molecule has 2 spiro atoms. The molecule has 7 aromatic carbocycles. The number of anilines is 3. The molecule has 3 unspecified atom stereocenters. The lowest BCUT2D eigenvalue weighted by Gasteiger charge is -2.70. The summed E-state index contributed by atoms with van der Waals surface area (Å²) in [6.07, 6.45) is 13.1. The fourth-order valence-electron chi connectivity index (χ4n) is 18.4. The van der Waals surface area contributed by atoms with Crippen LogP contribution in [0.4, 0.5) is 17.1 Å². The zero-order valence-electron chi connectivity index (χ0n) is 36.7. The molecule has 10 aliphatic carbocycles. The number of fused-ring (bicyclic) bond motifs is 11. The molecule has 6 bridgehead atoms. The standard InChI is InChI=1S/C63H55N/c1-3-11-39(12-4-1)41-28-42(40-13-5-2-6-14-40)30-50(29-41)64(48-19-21-54-55(34-48)51-15-7-8-17-53(51)60-43-24-37-23-38(25-43)27-44(26-37)61(54)60)49-20-22-58-56(35-49)52-16-9-10-18-57(52)63(58)47-32-45-31-46-33-59(63)62(45,46)36-47/h1-22,28-30,34-35,37-38,43-47,59-61H,23-27,31-33,36H2/t37-,38?,43-,44+,45-,46?,47-,59-,60+,61+,62?,63-/m1/s1. The Morgan fingerprint density at radius 2 is 0.938 bits per heavy atom. The van der Waals surface area contributed by atoms with E-state index in [1.54, 1.807) is 22.3 Å². The molecule has 12 atom stereocenters. The van der Waals surface area contributed by atoms with Crippen LogP contribution in [0.1, 0.15) is 91.9 Å². The van der Waals surface area contributed by atoms with Crippen LogP contribution in [0.2, 0.25) is 0 Å². The van der Waals surface area contributed by atoms with Gasteiger partial charge in [-0.15, -0.1) is 0 Å². The highest BCUT2D eigenvalue weighted by molar-refractivity contribution is 5.91. The largest absolute Gasteiger partial charge is 0.310 e. The summed E-state index contributed by atoms with van der Waals surface area (Å²) < 4.78 is 0. The minimum absolute atomic E-state index is 0.180. The normalized spacial score (nSPS) is 34.1. The van der Waals surface area contributed by atoms with Gasteiger partial charge in [0.15, 0.2) is 0 Å². The van der Waals surface area contributed by atoms with Crippen molar-refractivity contribution in [1.29, 1.82) is 0 Å². The number of hydrogen-bond donors (Lipinski definition) is 0. The first-order chi connectivity index (χ1) is 31.6. The van der Waals surface area contributed by atoms with Crippen molar-refractivity contribution in [3.05, 3.63) is 186 Å². The maximum absolute atomic E-state index is 2.64. The highest BCUT2D eigenvalue weighted by atomic mass is 15.1. The molecule has 0 N–H and O–H groups in total. The van der Waals surface area contributed by atoms with Gasteiger partial charge in [-0.3, -0.25) is 0 Å². The Morgan fingerprint density at radius 3 is 1.62 bits per heavy atom. The van der Waals surface area contributed by atoms with Gasteiger partial charge in [0.05, 0.1) is 0 Å². The third kappa shape index (κ3) is 4.43.